The van der Waals surface area contributed by atoms with Crippen LogP contribution in [0.25, 0.3) is 60.9 Å². The topological polar surface area (TPSA) is 8.17 Å². The molecule has 0 aliphatic heterocycles. The van der Waals surface area contributed by atoms with Crippen LogP contribution in [0.5, 0.6) is 0 Å². The number of nitrogens with zero attached hydrogens (tertiary/aromatic N) is 2. The van der Waals surface area contributed by atoms with Gasteiger partial charge in [0.1, 0.15) is 0 Å². The number of fused-ring (bicyclic) bond motifs is 6. The van der Waals surface area contributed by atoms with Crippen molar-refractivity contribution in [2.75, 3.05) is 4.90 Å². The molecule has 58 heavy (non-hydrogen) atoms. The van der Waals surface area contributed by atoms with Crippen molar-refractivity contribution in [1.29, 1.82) is 0 Å². The fourth-order valence-corrected chi connectivity index (χ4v) is 9.22. The minimum atomic E-state index is -0.112. The van der Waals surface area contributed by atoms with Crippen LogP contribution < -0.4 is 4.90 Å². The van der Waals surface area contributed by atoms with Crippen molar-refractivity contribution in [2.24, 2.45) is 0 Å². The van der Waals surface area contributed by atoms with Gasteiger partial charge in [0.05, 0.1) is 11.0 Å². The summed E-state index contributed by atoms with van der Waals surface area (Å²) in [5.41, 5.74) is 18.6. The Morgan fingerprint density at radius 2 is 0.983 bits per heavy atom. The van der Waals surface area contributed by atoms with E-state index >= 15 is 0 Å². The van der Waals surface area contributed by atoms with Gasteiger partial charge in [-0.1, -0.05) is 156 Å². The van der Waals surface area contributed by atoms with Crippen molar-refractivity contribution in [3.05, 3.63) is 205 Å². The second kappa shape index (κ2) is 13.8. The molecule has 2 nitrogen and oxygen atoms in total. The Morgan fingerprint density at radius 3 is 1.71 bits per heavy atom. The Bertz CT molecular complexity index is 2950. The van der Waals surface area contributed by atoms with Gasteiger partial charge in [-0.15, -0.1) is 0 Å². The summed E-state index contributed by atoms with van der Waals surface area (Å²) in [6, 6.07) is 69.7. The molecule has 0 N–H and O–H groups in total. The van der Waals surface area contributed by atoms with Crippen molar-refractivity contribution in [2.45, 2.75) is 51.9 Å². The molecule has 10 rings (SSSR count). The molecule has 0 radical (unpaired) electrons. The average Bonchev–Trinajstić information content (AvgIpc) is 3.72. The standard InChI is InChI=1S/C56H48N2/c1-6-55(2,3)42-26-21-40(22-27-42)41-25-33-53-49(35-41)50-36-45(31-34-54(50)58(53)43-17-11-8-12-18-43)57(44-28-23-39(24-29-44)38-15-9-7-10-16-38)46-30-32-48-47-19-13-14-20-51(47)56(4,5)52(48)37-46/h7-37H,6H2,1-5H3. The van der Waals surface area contributed by atoms with Gasteiger partial charge in [0.15, 0.2) is 0 Å². The van der Waals surface area contributed by atoms with Crippen LogP contribution in [0.1, 0.15) is 57.7 Å². The predicted octanol–water partition coefficient (Wildman–Crippen LogP) is 15.6. The first kappa shape index (κ1) is 35.8. The molecule has 0 atom stereocenters. The molecule has 0 amide bonds. The highest BCUT2D eigenvalue weighted by Gasteiger charge is 2.35. The van der Waals surface area contributed by atoms with Crippen molar-refractivity contribution in [3.63, 3.8) is 0 Å². The molecule has 0 saturated heterocycles. The first-order valence-electron chi connectivity index (χ1n) is 20.7. The maximum absolute atomic E-state index is 2.44. The van der Waals surface area contributed by atoms with Gasteiger partial charge < -0.3 is 9.47 Å². The van der Waals surface area contributed by atoms with E-state index in [-0.39, 0.29) is 10.8 Å². The molecule has 1 heterocycles. The van der Waals surface area contributed by atoms with Crippen LogP contribution in [0.2, 0.25) is 0 Å². The first-order valence-corrected chi connectivity index (χ1v) is 20.7. The van der Waals surface area contributed by atoms with E-state index in [1.54, 1.807) is 0 Å². The van der Waals surface area contributed by atoms with E-state index in [2.05, 4.69) is 232 Å². The third-order valence-corrected chi connectivity index (χ3v) is 13.0. The van der Waals surface area contributed by atoms with Crippen molar-refractivity contribution in [3.8, 4) is 39.1 Å². The summed E-state index contributed by atoms with van der Waals surface area (Å²) < 4.78 is 2.42. The highest BCUT2D eigenvalue weighted by Crippen LogP contribution is 2.51. The van der Waals surface area contributed by atoms with E-state index in [0.29, 0.717) is 0 Å². The number of hydrogen-bond donors (Lipinski definition) is 0. The van der Waals surface area contributed by atoms with Gasteiger partial charge in [-0.25, -0.2) is 0 Å². The molecule has 8 aromatic carbocycles. The largest absolute Gasteiger partial charge is 0.310 e. The Balaban J connectivity index is 1.17. The predicted molar refractivity (Wildman–Crippen MR) is 247 cm³/mol. The fourth-order valence-electron chi connectivity index (χ4n) is 9.22. The maximum atomic E-state index is 2.44. The second-order valence-corrected chi connectivity index (χ2v) is 17.1. The van der Waals surface area contributed by atoms with Gasteiger partial charge in [-0.3, -0.25) is 0 Å². The highest BCUT2D eigenvalue weighted by molar-refractivity contribution is 6.12. The number of rotatable bonds is 8. The van der Waals surface area contributed by atoms with Crippen LogP contribution in [-0.2, 0) is 10.8 Å². The Hall–Kier alpha value is -6.64. The van der Waals surface area contributed by atoms with Crippen molar-refractivity contribution in [1.82, 2.24) is 4.57 Å². The van der Waals surface area contributed by atoms with Gasteiger partial charge >= 0.3 is 0 Å². The van der Waals surface area contributed by atoms with Crippen LogP contribution in [-0.4, -0.2) is 4.57 Å². The van der Waals surface area contributed by atoms with Gasteiger partial charge in [0.2, 0.25) is 0 Å². The summed E-state index contributed by atoms with van der Waals surface area (Å²) in [5.74, 6) is 0. The number of para-hydroxylation sites is 1. The van der Waals surface area contributed by atoms with Crippen molar-refractivity contribution < 1.29 is 0 Å². The lowest BCUT2D eigenvalue weighted by molar-refractivity contribution is 0.506. The van der Waals surface area contributed by atoms with E-state index in [1.807, 2.05) is 0 Å². The molecule has 0 fully saturated rings. The highest BCUT2D eigenvalue weighted by atomic mass is 15.1. The van der Waals surface area contributed by atoms with Gasteiger partial charge in [-0.2, -0.15) is 0 Å². The zero-order chi connectivity index (χ0) is 39.6. The number of aromatic nitrogens is 1. The summed E-state index contributed by atoms with van der Waals surface area (Å²) in [6.45, 7) is 11.6. The summed E-state index contributed by atoms with van der Waals surface area (Å²) in [6.07, 6.45) is 1.10. The fraction of sp³-hybridized carbons (Fsp3) is 0.143. The van der Waals surface area contributed by atoms with Crippen LogP contribution >= 0.6 is 0 Å². The minimum absolute atomic E-state index is 0.112. The lowest BCUT2D eigenvalue weighted by atomic mass is 9.82. The van der Waals surface area contributed by atoms with E-state index in [0.717, 1.165) is 29.2 Å². The van der Waals surface area contributed by atoms with Gasteiger partial charge in [0, 0.05) is 38.9 Å². The lowest BCUT2D eigenvalue weighted by Gasteiger charge is -2.28. The molecule has 1 aliphatic rings. The first-order chi connectivity index (χ1) is 28.2. The summed E-state index contributed by atoms with van der Waals surface area (Å²) in [7, 11) is 0. The van der Waals surface area contributed by atoms with Gasteiger partial charge in [0.25, 0.3) is 0 Å². The molecule has 0 unspecified atom stereocenters. The lowest BCUT2D eigenvalue weighted by Crippen LogP contribution is -2.16. The molecule has 2 heteroatoms. The van der Waals surface area contributed by atoms with E-state index in [9.17, 15) is 0 Å². The molecule has 0 spiro atoms. The quantitative estimate of drug-likeness (QED) is 0.150. The molecule has 1 aliphatic carbocycles. The molecule has 282 valence electrons. The molecule has 9 aromatic rings. The number of anilines is 3. The molecular formula is C56H48N2. The molecular weight excluding hydrogens is 701 g/mol. The summed E-state index contributed by atoms with van der Waals surface area (Å²) in [5, 5.41) is 2.46. The number of benzene rings is 8. The van der Waals surface area contributed by atoms with E-state index in [1.165, 1.54) is 71.9 Å². The Labute approximate surface area is 342 Å². The van der Waals surface area contributed by atoms with Crippen molar-refractivity contribution >= 4 is 38.9 Å². The Morgan fingerprint density at radius 1 is 0.466 bits per heavy atom. The second-order valence-electron chi connectivity index (χ2n) is 17.1. The minimum Gasteiger partial charge on any atom is -0.310 e. The normalized spacial score (nSPS) is 13.1. The SMILES string of the molecule is CCC(C)(C)c1ccc(-c2ccc3c(c2)c2cc(N(c4ccc(-c5ccccc5)cc4)c4ccc5c(c4)C(C)(C)c4ccccc4-5)ccc2n3-c2ccccc2)cc1. The third kappa shape index (κ3) is 5.86. The summed E-state index contributed by atoms with van der Waals surface area (Å²) >= 11 is 0. The smallest absolute Gasteiger partial charge is 0.0542 e. The van der Waals surface area contributed by atoms with E-state index < -0.39 is 0 Å². The maximum Gasteiger partial charge on any atom is 0.0542 e. The van der Waals surface area contributed by atoms with Gasteiger partial charge in [-0.05, 0) is 129 Å². The van der Waals surface area contributed by atoms with Crippen LogP contribution in [0.4, 0.5) is 17.1 Å². The Kier molecular flexibility index (Phi) is 8.49. The number of hydrogen-bond acceptors (Lipinski definition) is 1. The molecule has 0 saturated carbocycles. The zero-order valence-electron chi connectivity index (χ0n) is 34.0. The molecule has 1 aromatic heterocycles. The van der Waals surface area contributed by atoms with Crippen LogP contribution in [0.15, 0.2) is 188 Å². The zero-order valence-corrected chi connectivity index (χ0v) is 34.0. The molecule has 0 bridgehead atoms. The third-order valence-electron chi connectivity index (χ3n) is 13.0. The summed E-state index contributed by atoms with van der Waals surface area (Å²) in [4.78, 5) is 2.44. The van der Waals surface area contributed by atoms with E-state index in [4.69, 9.17) is 0 Å². The average molecular weight is 749 g/mol. The van der Waals surface area contributed by atoms with Crippen LogP contribution in [0, 0.1) is 0 Å². The van der Waals surface area contributed by atoms with Crippen LogP contribution in [0.3, 0.4) is 0 Å². The monoisotopic (exact) mass is 748 g/mol.